The molecule has 0 spiro atoms. The summed E-state index contributed by atoms with van der Waals surface area (Å²) in [5.74, 6) is 0.943. The maximum Gasteiger partial charge on any atom is 0.282 e. The molecule has 1 saturated heterocycles. The molecule has 0 aromatic heterocycles. The molecule has 0 radical (unpaired) electrons. The lowest BCUT2D eigenvalue weighted by molar-refractivity contribution is -0.147. The first-order valence-corrected chi connectivity index (χ1v) is 10.1. The zero-order valence-corrected chi connectivity index (χ0v) is 17.3. The second-order valence-electron chi connectivity index (χ2n) is 6.71. The summed E-state index contributed by atoms with van der Waals surface area (Å²) in [4.78, 5) is 25.2. The molecule has 0 bridgehead atoms. The molecule has 28 heavy (non-hydrogen) atoms. The zero-order chi connectivity index (χ0) is 20.3. The number of amides is 2. The van der Waals surface area contributed by atoms with E-state index < -0.39 is 11.5 Å². The smallest absolute Gasteiger partial charge is 0.282 e. The van der Waals surface area contributed by atoms with Gasteiger partial charge in [-0.1, -0.05) is 23.7 Å². The van der Waals surface area contributed by atoms with Crippen LogP contribution in [0.2, 0.25) is 5.02 Å². The lowest BCUT2D eigenvalue weighted by Gasteiger charge is -2.30. The van der Waals surface area contributed by atoms with Gasteiger partial charge in [0.1, 0.15) is 16.9 Å². The van der Waals surface area contributed by atoms with E-state index in [-0.39, 0.29) is 17.0 Å². The van der Waals surface area contributed by atoms with E-state index in [1.54, 1.807) is 45.2 Å². The number of thioether (sulfide) groups is 1. The van der Waals surface area contributed by atoms with Crippen molar-refractivity contribution in [2.75, 3.05) is 12.9 Å². The number of carbonyl (C=O) groups is 2. The fourth-order valence-corrected chi connectivity index (χ4v) is 3.88. The molecule has 2 aromatic rings. The van der Waals surface area contributed by atoms with Gasteiger partial charge in [0.15, 0.2) is 5.60 Å². The van der Waals surface area contributed by atoms with E-state index in [0.717, 1.165) is 11.3 Å². The van der Waals surface area contributed by atoms with Crippen molar-refractivity contribution in [1.82, 2.24) is 10.4 Å². The van der Waals surface area contributed by atoms with E-state index in [1.165, 1.54) is 16.8 Å². The van der Waals surface area contributed by atoms with Crippen LogP contribution in [0.3, 0.4) is 0 Å². The first-order chi connectivity index (χ1) is 13.3. The Hall–Kier alpha value is -2.38. The van der Waals surface area contributed by atoms with Crippen LogP contribution in [0.25, 0.3) is 0 Å². The molecule has 2 amide bonds. The number of benzene rings is 2. The van der Waals surface area contributed by atoms with Gasteiger partial charge in [-0.15, -0.1) is 11.8 Å². The van der Waals surface area contributed by atoms with Crippen molar-refractivity contribution >= 4 is 35.2 Å². The third-order valence-corrected chi connectivity index (χ3v) is 5.69. The number of rotatable bonds is 6. The van der Waals surface area contributed by atoms with Gasteiger partial charge in [0.25, 0.3) is 11.8 Å². The molecule has 0 aliphatic carbocycles. The average Bonchev–Trinajstić information content (AvgIpc) is 3.04. The maximum atomic E-state index is 12.8. The molecule has 1 unspecified atom stereocenters. The van der Waals surface area contributed by atoms with Crippen molar-refractivity contribution in [3.05, 3.63) is 59.1 Å². The monoisotopic (exact) mass is 420 g/mol. The number of hydrogen-bond donors (Lipinski definition) is 1. The number of halogens is 1. The van der Waals surface area contributed by atoms with Crippen LogP contribution in [-0.2, 0) is 9.59 Å². The molecule has 8 heteroatoms. The average molecular weight is 421 g/mol. The number of hydrazine groups is 1. The van der Waals surface area contributed by atoms with Crippen molar-refractivity contribution in [2.45, 2.75) is 24.8 Å². The van der Waals surface area contributed by atoms with Gasteiger partial charge in [0.2, 0.25) is 0 Å². The predicted octanol–water partition coefficient (Wildman–Crippen LogP) is 3.81. The molecule has 1 heterocycles. The molecular weight excluding hydrogens is 400 g/mol. The maximum absolute atomic E-state index is 12.8. The lowest BCUT2D eigenvalue weighted by atomic mass is 10.1. The summed E-state index contributed by atoms with van der Waals surface area (Å²) in [6, 6.07) is 14.2. The highest BCUT2D eigenvalue weighted by Gasteiger charge is 2.38. The van der Waals surface area contributed by atoms with Gasteiger partial charge in [0.05, 0.1) is 12.9 Å². The summed E-state index contributed by atoms with van der Waals surface area (Å²) in [7, 11) is 1.60. The van der Waals surface area contributed by atoms with Gasteiger partial charge in [-0.25, -0.2) is 5.01 Å². The number of nitrogens with one attached hydrogen (secondary N) is 1. The van der Waals surface area contributed by atoms with Gasteiger partial charge in [-0.3, -0.25) is 15.0 Å². The standard InChI is InChI=1S/C20H21ClN2O4S/c1-20(2,27-16-10-6-14(21)7-11-16)19(25)22-23-17(24)12-28-18(23)13-4-8-15(26-3)9-5-13/h4-11,18H,12H2,1-3H3,(H,22,25). The summed E-state index contributed by atoms with van der Waals surface area (Å²) in [5, 5.41) is 1.63. The van der Waals surface area contributed by atoms with Crippen molar-refractivity contribution in [1.29, 1.82) is 0 Å². The number of carbonyl (C=O) groups excluding carboxylic acids is 2. The van der Waals surface area contributed by atoms with E-state index in [1.807, 2.05) is 24.3 Å². The molecule has 1 aliphatic heterocycles. The van der Waals surface area contributed by atoms with E-state index in [4.69, 9.17) is 21.1 Å². The Morgan fingerprint density at radius 3 is 2.36 bits per heavy atom. The van der Waals surface area contributed by atoms with Gasteiger partial charge < -0.3 is 9.47 Å². The highest BCUT2D eigenvalue weighted by molar-refractivity contribution is 8.00. The van der Waals surface area contributed by atoms with Crippen LogP contribution in [0.4, 0.5) is 0 Å². The molecule has 3 rings (SSSR count). The Morgan fingerprint density at radius 1 is 1.14 bits per heavy atom. The first kappa shape index (κ1) is 20.4. The van der Waals surface area contributed by atoms with Crippen LogP contribution >= 0.6 is 23.4 Å². The van der Waals surface area contributed by atoms with E-state index >= 15 is 0 Å². The Balaban J connectivity index is 1.72. The highest BCUT2D eigenvalue weighted by Crippen LogP contribution is 2.38. The quantitative estimate of drug-likeness (QED) is 0.769. The van der Waals surface area contributed by atoms with Gasteiger partial charge >= 0.3 is 0 Å². The fraction of sp³-hybridized carbons (Fsp3) is 0.300. The van der Waals surface area contributed by atoms with E-state index in [9.17, 15) is 9.59 Å². The molecule has 1 N–H and O–H groups in total. The summed E-state index contributed by atoms with van der Waals surface area (Å²) >= 11 is 7.33. The normalized spacial score (nSPS) is 16.8. The molecule has 6 nitrogen and oxygen atoms in total. The predicted molar refractivity (Wildman–Crippen MR) is 109 cm³/mol. The minimum atomic E-state index is -1.19. The molecule has 0 saturated carbocycles. The van der Waals surface area contributed by atoms with Gasteiger partial charge in [-0.05, 0) is 55.8 Å². The van der Waals surface area contributed by atoms with Crippen LogP contribution in [0.15, 0.2) is 48.5 Å². The zero-order valence-electron chi connectivity index (χ0n) is 15.8. The lowest BCUT2D eigenvalue weighted by Crippen LogP contribution is -2.54. The third-order valence-electron chi connectivity index (χ3n) is 4.22. The minimum Gasteiger partial charge on any atom is -0.497 e. The highest BCUT2D eigenvalue weighted by atomic mass is 35.5. The van der Waals surface area contributed by atoms with Crippen LogP contribution in [0.5, 0.6) is 11.5 Å². The number of methoxy groups -OCH3 is 1. The second kappa shape index (κ2) is 8.32. The van der Waals surface area contributed by atoms with Gasteiger partial charge in [0, 0.05) is 5.02 Å². The minimum absolute atomic E-state index is 0.165. The van der Waals surface area contributed by atoms with Crippen LogP contribution in [0, 0.1) is 0 Å². The first-order valence-electron chi connectivity index (χ1n) is 8.63. The third kappa shape index (κ3) is 4.54. The van der Waals surface area contributed by atoms with Gasteiger partial charge in [-0.2, -0.15) is 0 Å². The topological polar surface area (TPSA) is 67.9 Å². The molecular formula is C20H21ClN2O4S. The Labute approximate surface area is 173 Å². The van der Waals surface area contributed by atoms with E-state index in [2.05, 4.69) is 5.43 Å². The SMILES string of the molecule is COc1ccc(C2SCC(=O)N2NC(=O)C(C)(C)Oc2ccc(Cl)cc2)cc1. The number of hydrogen-bond acceptors (Lipinski definition) is 5. The van der Waals surface area contributed by atoms with Crippen molar-refractivity contribution in [2.24, 2.45) is 0 Å². The van der Waals surface area contributed by atoms with Crippen molar-refractivity contribution in [3.8, 4) is 11.5 Å². The Bertz CT molecular complexity index is 856. The second-order valence-corrected chi connectivity index (χ2v) is 8.21. The van der Waals surface area contributed by atoms with E-state index in [0.29, 0.717) is 10.8 Å². The summed E-state index contributed by atoms with van der Waals surface area (Å²) in [6.07, 6.45) is 0. The van der Waals surface area contributed by atoms with Crippen LogP contribution < -0.4 is 14.9 Å². The van der Waals surface area contributed by atoms with Crippen molar-refractivity contribution in [3.63, 3.8) is 0 Å². The Morgan fingerprint density at radius 2 is 1.75 bits per heavy atom. The summed E-state index contributed by atoms with van der Waals surface area (Å²) in [6.45, 7) is 3.29. The molecule has 1 fully saturated rings. The number of nitrogens with zero attached hydrogens (tertiary/aromatic N) is 1. The number of ether oxygens (including phenoxy) is 2. The Kier molecular flexibility index (Phi) is 6.05. The fourth-order valence-electron chi connectivity index (χ4n) is 2.65. The molecule has 148 valence electrons. The van der Waals surface area contributed by atoms with Crippen LogP contribution in [-0.4, -0.2) is 35.3 Å². The largest absolute Gasteiger partial charge is 0.497 e. The summed E-state index contributed by atoms with van der Waals surface area (Å²) < 4.78 is 11.0. The van der Waals surface area contributed by atoms with Crippen LogP contribution in [0.1, 0.15) is 24.8 Å². The molecule has 1 atom stereocenters. The molecule has 2 aromatic carbocycles. The van der Waals surface area contributed by atoms with Crippen molar-refractivity contribution < 1.29 is 19.1 Å². The summed E-state index contributed by atoms with van der Waals surface area (Å²) in [5.41, 5.74) is 2.43. The molecule has 1 aliphatic rings.